The fourth-order valence-electron chi connectivity index (χ4n) is 5.91. The zero-order valence-electron chi connectivity index (χ0n) is 24.1. The number of phenolic OH excluding ortho intramolecular Hbond substituents is 2. The number of aromatic hydroxyl groups is 2. The third-order valence-corrected chi connectivity index (χ3v) is 8.31. The summed E-state index contributed by atoms with van der Waals surface area (Å²) in [5, 5.41) is 21.0. The first-order valence-electron chi connectivity index (χ1n) is 14.2. The zero-order valence-corrected chi connectivity index (χ0v) is 24.1. The van der Waals surface area contributed by atoms with Crippen molar-refractivity contribution in [3.63, 3.8) is 0 Å². The molecule has 0 radical (unpaired) electrons. The molecule has 0 aromatic heterocycles. The van der Waals surface area contributed by atoms with Gasteiger partial charge in [-0.1, -0.05) is 63.3 Å². The Labute approximate surface area is 238 Å². The minimum atomic E-state index is -0.314. The third kappa shape index (κ3) is 8.41. The van der Waals surface area contributed by atoms with E-state index < -0.39 is 0 Å². The zero-order chi connectivity index (χ0) is 29.4. The minimum absolute atomic E-state index is 0.103. The first kappa shape index (κ1) is 30.9. The van der Waals surface area contributed by atoms with Crippen LogP contribution in [0.3, 0.4) is 0 Å². The average Bonchev–Trinajstić information content (AvgIpc) is 2.90. The number of ketones is 1. The largest absolute Gasteiger partial charge is 0.508 e. The predicted octanol–water partition coefficient (Wildman–Crippen LogP) is 6.57. The van der Waals surface area contributed by atoms with Crippen LogP contribution in [-0.4, -0.2) is 27.8 Å². The number of allylic oxidation sites excluding steroid dienone is 2. The Kier molecular flexibility index (Phi) is 10.5. The molecule has 0 bridgehead atoms. The summed E-state index contributed by atoms with van der Waals surface area (Å²) in [7, 11) is 0. The van der Waals surface area contributed by atoms with Gasteiger partial charge in [-0.15, -0.1) is 6.58 Å². The van der Waals surface area contributed by atoms with E-state index in [4.69, 9.17) is 0 Å². The first-order valence-corrected chi connectivity index (χ1v) is 14.2. The van der Waals surface area contributed by atoms with Crippen molar-refractivity contribution in [2.75, 3.05) is 0 Å². The van der Waals surface area contributed by atoms with Crippen LogP contribution in [0.1, 0.15) is 70.9 Å². The van der Waals surface area contributed by atoms with Gasteiger partial charge in [0, 0.05) is 30.1 Å². The number of imide groups is 1. The Balaban J connectivity index is 0.000000220. The Bertz CT molecular complexity index is 1200. The molecular formula is C34H43NO5. The number of benzene rings is 2. The van der Waals surface area contributed by atoms with Gasteiger partial charge in [-0.25, -0.2) is 0 Å². The van der Waals surface area contributed by atoms with E-state index >= 15 is 0 Å². The Morgan fingerprint density at radius 3 is 2.05 bits per heavy atom. The molecule has 5 atom stereocenters. The Hall–Kier alpha value is -3.67. The smallest absolute Gasteiger partial charge is 0.226 e. The normalized spacial score (nSPS) is 24.0. The number of Topliss-reactive ketones (excluding diaryl/α,β-unsaturated/α-hetero) is 1. The number of nitrogens with one attached hydrogen (secondary N) is 1. The Morgan fingerprint density at radius 1 is 0.950 bits per heavy atom. The molecule has 6 heteroatoms. The van der Waals surface area contributed by atoms with Gasteiger partial charge < -0.3 is 10.2 Å². The number of carbonyl (C=O) groups excluding carboxylic acids is 3. The van der Waals surface area contributed by atoms with Crippen LogP contribution in [0.15, 0.2) is 67.3 Å². The molecule has 4 rings (SSSR count). The monoisotopic (exact) mass is 545 g/mol. The van der Waals surface area contributed by atoms with Crippen molar-refractivity contribution in [1.29, 1.82) is 0 Å². The second kappa shape index (κ2) is 13.6. The maximum Gasteiger partial charge on any atom is 0.226 e. The summed E-state index contributed by atoms with van der Waals surface area (Å²) in [5.41, 5.74) is 1.75. The van der Waals surface area contributed by atoms with Crippen LogP contribution in [0.2, 0.25) is 0 Å². The second-order valence-electron chi connectivity index (χ2n) is 11.9. The molecule has 40 heavy (non-hydrogen) atoms. The summed E-state index contributed by atoms with van der Waals surface area (Å²) >= 11 is 0. The summed E-state index contributed by atoms with van der Waals surface area (Å²) in [5.74, 6) is 1.76. The van der Waals surface area contributed by atoms with Gasteiger partial charge in [-0.05, 0) is 79.3 Å². The molecule has 1 saturated carbocycles. The number of amides is 2. The topological polar surface area (TPSA) is 104 Å². The molecule has 2 aromatic rings. The molecule has 6 nitrogen and oxygen atoms in total. The molecule has 214 valence electrons. The first-order chi connectivity index (χ1) is 18.9. The van der Waals surface area contributed by atoms with Crippen LogP contribution in [-0.2, 0) is 19.8 Å². The lowest BCUT2D eigenvalue weighted by Gasteiger charge is -2.35. The van der Waals surface area contributed by atoms with Gasteiger partial charge in [0.2, 0.25) is 11.8 Å². The molecule has 1 unspecified atom stereocenters. The van der Waals surface area contributed by atoms with Crippen LogP contribution in [0.5, 0.6) is 11.5 Å². The van der Waals surface area contributed by atoms with Crippen LogP contribution in [0.25, 0.3) is 6.08 Å². The van der Waals surface area contributed by atoms with Crippen molar-refractivity contribution in [3.05, 3.63) is 78.4 Å². The highest BCUT2D eigenvalue weighted by molar-refractivity contribution is 5.97. The van der Waals surface area contributed by atoms with Crippen molar-refractivity contribution >= 4 is 23.7 Å². The summed E-state index contributed by atoms with van der Waals surface area (Å²) in [6, 6.07) is 14.1. The van der Waals surface area contributed by atoms with Crippen molar-refractivity contribution in [1.82, 2.24) is 5.32 Å². The maximum atomic E-state index is 12.3. The van der Waals surface area contributed by atoms with Crippen molar-refractivity contribution < 1.29 is 24.6 Å². The lowest BCUT2D eigenvalue weighted by molar-refractivity contribution is -0.135. The van der Waals surface area contributed by atoms with Gasteiger partial charge in [0.15, 0.2) is 0 Å². The lowest BCUT2D eigenvalue weighted by Crippen LogP contribution is -2.40. The molecule has 2 amide bonds. The van der Waals surface area contributed by atoms with E-state index in [9.17, 15) is 24.6 Å². The maximum absolute atomic E-state index is 12.3. The highest BCUT2D eigenvalue weighted by atomic mass is 16.3. The summed E-state index contributed by atoms with van der Waals surface area (Å²) in [6.45, 7) is 12.3. The van der Waals surface area contributed by atoms with E-state index in [0.29, 0.717) is 24.5 Å². The number of piperidine rings is 1. The van der Waals surface area contributed by atoms with E-state index in [1.54, 1.807) is 24.3 Å². The fraction of sp³-hybridized carbons (Fsp3) is 0.441. The SMILES string of the molecule is C=CC(C)(/C=C\c1ccc(O)cc1)c1ccc(O)cc1.C[C@@H]1C[C@@H]([C@H](C)CC2CC(=O)NC(=O)C2)C(=O)[C@@H](C)C1. The van der Waals surface area contributed by atoms with Gasteiger partial charge in [0.25, 0.3) is 0 Å². The molecule has 0 spiro atoms. The minimum Gasteiger partial charge on any atom is -0.508 e. The fourth-order valence-corrected chi connectivity index (χ4v) is 5.91. The number of rotatable bonds is 7. The van der Waals surface area contributed by atoms with Crippen LogP contribution in [0, 0.1) is 29.6 Å². The van der Waals surface area contributed by atoms with Gasteiger partial charge in [0.1, 0.15) is 17.3 Å². The third-order valence-electron chi connectivity index (χ3n) is 8.31. The number of phenols is 2. The highest BCUT2D eigenvalue weighted by Gasteiger charge is 2.37. The van der Waals surface area contributed by atoms with Crippen molar-refractivity contribution in [2.24, 2.45) is 29.6 Å². The molecule has 2 aliphatic rings. The van der Waals surface area contributed by atoms with Gasteiger partial charge >= 0.3 is 0 Å². The molecular weight excluding hydrogens is 502 g/mol. The van der Waals surface area contributed by atoms with E-state index in [1.807, 2.05) is 43.3 Å². The summed E-state index contributed by atoms with van der Waals surface area (Å²) in [4.78, 5) is 35.2. The lowest BCUT2D eigenvalue weighted by atomic mass is 9.69. The average molecular weight is 546 g/mol. The van der Waals surface area contributed by atoms with Gasteiger partial charge in [0.05, 0.1) is 0 Å². The summed E-state index contributed by atoms with van der Waals surface area (Å²) in [6.07, 6.45) is 9.51. The Morgan fingerprint density at radius 2 is 1.50 bits per heavy atom. The molecule has 1 aliphatic carbocycles. The van der Waals surface area contributed by atoms with E-state index in [1.165, 1.54) is 0 Å². The highest BCUT2D eigenvalue weighted by Crippen LogP contribution is 2.37. The van der Waals surface area contributed by atoms with Crippen molar-refractivity contribution in [2.45, 2.75) is 65.2 Å². The quantitative estimate of drug-likeness (QED) is 0.270. The second-order valence-corrected chi connectivity index (χ2v) is 11.9. The van der Waals surface area contributed by atoms with Gasteiger partial charge in [-0.3, -0.25) is 19.7 Å². The van der Waals surface area contributed by atoms with E-state index in [2.05, 4.69) is 38.7 Å². The molecule has 1 heterocycles. The molecule has 1 aliphatic heterocycles. The van der Waals surface area contributed by atoms with Crippen LogP contribution < -0.4 is 5.32 Å². The molecule has 2 aromatic carbocycles. The van der Waals surface area contributed by atoms with Crippen LogP contribution in [0.4, 0.5) is 0 Å². The van der Waals surface area contributed by atoms with Gasteiger partial charge in [-0.2, -0.15) is 0 Å². The number of hydrogen-bond donors (Lipinski definition) is 3. The molecule has 3 N–H and O–H groups in total. The molecule has 2 fully saturated rings. The van der Waals surface area contributed by atoms with E-state index in [0.717, 1.165) is 30.4 Å². The standard InChI is InChI=1S/C18H18O2.C16H25NO3/c1-3-18(2,15-6-10-17(20)11-7-15)13-12-14-4-8-16(19)9-5-14;1-9-4-11(3)16(20)13(5-9)10(2)6-12-7-14(18)17-15(19)8-12/h3-13,19-20H,1H2,2H3;9-13H,4-8H2,1-3H3,(H,17,18,19)/b13-12-;/t;9-,10+,11-,13-/m.0/s1. The number of carbonyl (C=O) groups is 3. The van der Waals surface area contributed by atoms with E-state index in [-0.39, 0.29) is 52.4 Å². The molecule has 1 saturated heterocycles. The predicted molar refractivity (Wildman–Crippen MR) is 159 cm³/mol. The summed E-state index contributed by atoms with van der Waals surface area (Å²) < 4.78 is 0. The van der Waals surface area contributed by atoms with Crippen LogP contribution >= 0.6 is 0 Å². The van der Waals surface area contributed by atoms with Crippen molar-refractivity contribution in [3.8, 4) is 11.5 Å². The number of hydrogen-bond acceptors (Lipinski definition) is 5.